The lowest BCUT2D eigenvalue weighted by Gasteiger charge is -2.27. The number of hydrogen-bond acceptors (Lipinski definition) is 5. The van der Waals surface area contributed by atoms with Crippen molar-refractivity contribution in [2.75, 3.05) is 13.2 Å². The molecule has 1 rings (SSSR count). The van der Waals surface area contributed by atoms with Gasteiger partial charge in [-0.25, -0.2) is 0 Å². The molecular formula is C11H19NO5. The predicted octanol–water partition coefficient (Wildman–Crippen LogP) is -0.247. The maximum absolute atomic E-state index is 10.7. The Balaban J connectivity index is 2.13. The topological polar surface area (TPSA) is 95.9 Å². The average molecular weight is 245 g/mol. The number of nitrogens with one attached hydrogen (secondary N) is 1. The molecule has 0 aromatic carbocycles. The van der Waals surface area contributed by atoms with Crippen LogP contribution in [0.25, 0.3) is 0 Å². The molecule has 0 amide bonds. The van der Waals surface area contributed by atoms with Crippen molar-refractivity contribution in [3.8, 4) is 0 Å². The number of carboxylic acid groups (broad SMARTS) is 1. The molecule has 98 valence electrons. The van der Waals surface area contributed by atoms with Crippen LogP contribution in [0.1, 0.15) is 25.7 Å². The fourth-order valence-corrected chi connectivity index (χ4v) is 2.06. The number of ether oxygens (including phenoxy) is 1. The summed E-state index contributed by atoms with van der Waals surface area (Å²) in [4.78, 5) is 20.6. The number of carbonyl (C=O) groups is 2. The monoisotopic (exact) mass is 245 g/mol. The van der Waals surface area contributed by atoms with Crippen molar-refractivity contribution in [2.45, 2.75) is 37.8 Å². The average Bonchev–Trinajstić information content (AvgIpc) is 2.34. The van der Waals surface area contributed by atoms with Gasteiger partial charge in [0.05, 0.1) is 5.92 Å². The number of aliphatic hydroxyl groups excluding tert-OH is 1. The van der Waals surface area contributed by atoms with E-state index in [0.29, 0.717) is 25.9 Å². The number of carboxylic acids is 1. The molecule has 0 aliphatic heterocycles. The first kappa shape index (κ1) is 13.9. The molecule has 1 fully saturated rings. The first-order valence-corrected chi connectivity index (χ1v) is 5.83. The molecule has 17 heavy (non-hydrogen) atoms. The van der Waals surface area contributed by atoms with E-state index in [2.05, 4.69) is 10.1 Å². The minimum atomic E-state index is -0.720. The molecule has 0 aromatic heterocycles. The van der Waals surface area contributed by atoms with Gasteiger partial charge in [-0.05, 0) is 25.7 Å². The van der Waals surface area contributed by atoms with Crippen LogP contribution in [-0.4, -0.2) is 48.0 Å². The smallest absolute Gasteiger partial charge is 0.306 e. The van der Waals surface area contributed by atoms with E-state index in [4.69, 9.17) is 5.11 Å². The lowest BCUT2D eigenvalue weighted by atomic mass is 9.86. The summed E-state index contributed by atoms with van der Waals surface area (Å²) < 4.78 is 4.44. The van der Waals surface area contributed by atoms with E-state index in [-0.39, 0.29) is 18.6 Å². The summed E-state index contributed by atoms with van der Waals surface area (Å²) in [5, 5.41) is 21.4. The van der Waals surface area contributed by atoms with Gasteiger partial charge in [-0.1, -0.05) is 0 Å². The summed E-state index contributed by atoms with van der Waals surface area (Å²) >= 11 is 0. The third-order valence-corrected chi connectivity index (χ3v) is 3.08. The Morgan fingerprint density at radius 3 is 2.59 bits per heavy atom. The molecule has 0 spiro atoms. The Morgan fingerprint density at radius 1 is 1.41 bits per heavy atom. The molecular weight excluding hydrogens is 226 g/mol. The lowest BCUT2D eigenvalue weighted by molar-refractivity contribution is -0.142. The van der Waals surface area contributed by atoms with Crippen LogP contribution < -0.4 is 5.32 Å². The van der Waals surface area contributed by atoms with E-state index >= 15 is 0 Å². The lowest BCUT2D eigenvalue weighted by Crippen LogP contribution is -2.40. The molecule has 0 aromatic rings. The predicted molar refractivity (Wildman–Crippen MR) is 59.4 cm³/mol. The molecule has 1 atom stereocenters. The van der Waals surface area contributed by atoms with Crippen molar-refractivity contribution < 1.29 is 24.5 Å². The van der Waals surface area contributed by atoms with Crippen LogP contribution in [0.3, 0.4) is 0 Å². The van der Waals surface area contributed by atoms with Crippen LogP contribution in [0.5, 0.6) is 0 Å². The Hall–Kier alpha value is -1.14. The fraction of sp³-hybridized carbons (Fsp3) is 0.818. The van der Waals surface area contributed by atoms with Crippen LogP contribution in [0, 0.1) is 5.92 Å². The van der Waals surface area contributed by atoms with Crippen molar-refractivity contribution in [1.29, 1.82) is 0 Å². The van der Waals surface area contributed by atoms with Crippen molar-refractivity contribution in [3.63, 3.8) is 0 Å². The molecule has 0 radical (unpaired) electrons. The summed E-state index contributed by atoms with van der Waals surface area (Å²) in [5.41, 5.74) is 0. The van der Waals surface area contributed by atoms with E-state index in [0.717, 1.165) is 12.8 Å². The molecule has 1 aliphatic carbocycles. The van der Waals surface area contributed by atoms with Crippen LogP contribution in [0.2, 0.25) is 0 Å². The van der Waals surface area contributed by atoms with Gasteiger partial charge in [-0.3, -0.25) is 9.59 Å². The van der Waals surface area contributed by atoms with Crippen molar-refractivity contribution in [1.82, 2.24) is 5.32 Å². The SMILES string of the molecule is O=COCC(O)CNC1CCC(C(=O)O)CC1. The summed E-state index contributed by atoms with van der Waals surface area (Å²) in [6, 6.07) is 0.247. The Bertz CT molecular complexity index is 250. The molecule has 0 saturated heterocycles. The van der Waals surface area contributed by atoms with Crippen molar-refractivity contribution in [2.24, 2.45) is 5.92 Å². The molecule has 0 bridgehead atoms. The summed E-state index contributed by atoms with van der Waals surface area (Å²) in [7, 11) is 0. The molecule has 0 heterocycles. The van der Waals surface area contributed by atoms with E-state index in [1.54, 1.807) is 0 Å². The van der Waals surface area contributed by atoms with Crippen LogP contribution in [-0.2, 0) is 14.3 Å². The number of hydrogen-bond donors (Lipinski definition) is 3. The standard InChI is InChI=1S/C11H19NO5/c13-7-17-6-10(14)5-12-9-3-1-8(2-4-9)11(15)16/h7-10,12,14H,1-6H2,(H,15,16). The van der Waals surface area contributed by atoms with E-state index in [9.17, 15) is 14.7 Å². The Labute approximate surface area is 100.0 Å². The number of aliphatic carboxylic acids is 1. The zero-order valence-corrected chi connectivity index (χ0v) is 9.67. The van der Waals surface area contributed by atoms with Gasteiger partial charge in [0, 0.05) is 12.6 Å². The molecule has 1 unspecified atom stereocenters. The van der Waals surface area contributed by atoms with Crippen LogP contribution in [0.4, 0.5) is 0 Å². The van der Waals surface area contributed by atoms with Crippen molar-refractivity contribution >= 4 is 12.4 Å². The zero-order valence-electron chi connectivity index (χ0n) is 9.67. The summed E-state index contributed by atoms with van der Waals surface area (Å²) in [5.74, 6) is -0.945. The second-order valence-electron chi connectivity index (χ2n) is 4.38. The van der Waals surface area contributed by atoms with Gasteiger partial charge in [0.25, 0.3) is 6.47 Å². The van der Waals surface area contributed by atoms with Gasteiger partial charge in [0.2, 0.25) is 0 Å². The maximum atomic E-state index is 10.7. The number of aliphatic hydroxyl groups is 1. The fourth-order valence-electron chi connectivity index (χ4n) is 2.06. The Morgan fingerprint density at radius 2 is 2.06 bits per heavy atom. The maximum Gasteiger partial charge on any atom is 0.306 e. The minimum Gasteiger partial charge on any atom is -0.481 e. The van der Waals surface area contributed by atoms with Crippen LogP contribution >= 0.6 is 0 Å². The molecule has 1 saturated carbocycles. The number of rotatable bonds is 7. The first-order valence-electron chi connectivity index (χ1n) is 5.83. The first-order chi connectivity index (χ1) is 8.13. The normalized spacial score (nSPS) is 26.2. The summed E-state index contributed by atoms with van der Waals surface area (Å²) in [6.07, 6.45) is 2.25. The second kappa shape index (κ2) is 7.24. The van der Waals surface area contributed by atoms with E-state index in [1.807, 2.05) is 0 Å². The van der Waals surface area contributed by atoms with Crippen molar-refractivity contribution in [3.05, 3.63) is 0 Å². The highest BCUT2D eigenvalue weighted by atomic mass is 16.5. The third-order valence-electron chi connectivity index (χ3n) is 3.08. The molecule has 3 N–H and O–H groups in total. The number of carbonyl (C=O) groups excluding carboxylic acids is 1. The van der Waals surface area contributed by atoms with Gasteiger partial charge in [-0.15, -0.1) is 0 Å². The molecule has 6 heteroatoms. The van der Waals surface area contributed by atoms with Gasteiger partial charge >= 0.3 is 5.97 Å². The van der Waals surface area contributed by atoms with Gasteiger partial charge < -0.3 is 20.3 Å². The third kappa shape index (κ3) is 5.14. The highest BCUT2D eigenvalue weighted by molar-refractivity contribution is 5.70. The highest BCUT2D eigenvalue weighted by Gasteiger charge is 2.25. The van der Waals surface area contributed by atoms with E-state index in [1.165, 1.54) is 0 Å². The van der Waals surface area contributed by atoms with Gasteiger partial charge in [0.1, 0.15) is 12.7 Å². The molecule has 1 aliphatic rings. The quantitative estimate of drug-likeness (QED) is 0.535. The summed E-state index contributed by atoms with van der Waals surface area (Å²) in [6.45, 7) is 0.651. The largest absolute Gasteiger partial charge is 0.481 e. The minimum absolute atomic E-state index is 0.0129. The second-order valence-corrected chi connectivity index (χ2v) is 4.38. The molecule has 6 nitrogen and oxygen atoms in total. The van der Waals surface area contributed by atoms with Crippen LogP contribution in [0.15, 0.2) is 0 Å². The zero-order chi connectivity index (χ0) is 12.7. The highest BCUT2D eigenvalue weighted by Crippen LogP contribution is 2.24. The van der Waals surface area contributed by atoms with E-state index < -0.39 is 12.1 Å². The van der Waals surface area contributed by atoms with Gasteiger partial charge in [-0.2, -0.15) is 0 Å². The Kier molecular flexibility index (Phi) is 5.93. The van der Waals surface area contributed by atoms with Gasteiger partial charge in [0.15, 0.2) is 0 Å².